The van der Waals surface area contributed by atoms with E-state index in [0.29, 0.717) is 12.2 Å². The van der Waals surface area contributed by atoms with E-state index in [-0.39, 0.29) is 5.92 Å². The summed E-state index contributed by atoms with van der Waals surface area (Å²) in [7, 11) is -2.29. The molecule has 2 heteroatoms. The van der Waals surface area contributed by atoms with Gasteiger partial charge in [0.15, 0.2) is 0 Å². The van der Waals surface area contributed by atoms with Crippen LogP contribution in [0.5, 0.6) is 0 Å². The van der Waals surface area contributed by atoms with E-state index in [0.717, 1.165) is 18.0 Å². The number of hydrogen-bond acceptors (Lipinski definition) is 1. The molecule has 1 unspecified atom stereocenters. The van der Waals surface area contributed by atoms with Crippen LogP contribution in [0.4, 0.5) is 0 Å². The maximum Gasteiger partial charge on any atom is 0.148 e. The van der Waals surface area contributed by atoms with Gasteiger partial charge in [0.05, 0.1) is 0 Å². The Labute approximate surface area is 185 Å². The number of Topliss-reactive ketones (excluding diaryl/α,β-unsaturated/α-hetero) is 1. The van der Waals surface area contributed by atoms with Gasteiger partial charge < -0.3 is 0 Å². The van der Waals surface area contributed by atoms with Gasteiger partial charge in [-0.15, -0.1) is 0 Å². The van der Waals surface area contributed by atoms with E-state index < -0.39 is 8.07 Å². The van der Waals surface area contributed by atoms with Crippen molar-refractivity contribution in [3.63, 3.8) is 0 Å². The molecule has 1 atom stereocenters. The van der Waals surface area contributed by atoms with Crippen LogP contribution in [0, 0.1) is 0 Å². The lowest BCUT2D eigenvalue weighted by Gasteiger charge is -2.38. The van der Waals surface area contributed by atoms with Crippen LogP contribution in [0.1, 0.15) is 23.5 Å². The zero-order valence-electron chi connectivity index (χ0n) is 17.6. The molecule has 4 aromatic rings. The Morgan fingerprint density at radius 2 is 1.13 bits per heavy atom. The molecule has 0 spiro atoms. The maximum absolute atomic E-state index is 13.4. The molecule has 0 fully saturated rings. The quantitative estimate of drug-likeness (QED) is 0.449. The van der Waals surface area contributed by atoms with Gasteiger partial charge in [0.2, 0.25) is 0 Å². The Morgan fingerprint density at radius 1 is 0.613 bits per heavy atom. The normalized spacial score (nSPS) is 17.9. The lowest BCUT2D eigenvalue weighted by atomic mass is 9.89. The van der Waals surface area contributed by atoms with Crippen LogP contribution in [0.15, 0.2) is 115 Å². The largest absolute Gasteiger partial charge is 0.299 e. The summed E-state index contributed by atoms with van der Waals surface area (Å²) in [5, 5.41) is 4.25. The van der Waals surface area contributed by atoms with Crippen molar-refractivity contribution < 1.29 is 4.79 Å². The highest BCUT2D eigenvalue weighted by Crippen LogP contribution is 2.30. The van der Waals surface area contributed by atoms with E-state index in [1.54, 1.807) is 0 Å². The van der Waals surface area contributed by atoms with Gasteiger partial charge in [0.1, 0.15) is 13.9 Å². The average molecular weight is 419 g/mol. The van der Waals surface area contributed by atoms with Gasteiger partial charge in [-0.25, -0.2) is 0 Å². The fourth-order valence-corrected chi connectivity index (χ4v) is 10.5. The predicted molar refractivity (Wildman–Crippen MR) is 131 cm³/mol. The Hall–Kier alpha value is -3.23. The number of ketones is 1. The highest BCUT2D eigenvalue weighted by Gasteiger charge is 2.43. The van der Waals surface area contributed by atoms with Crippen LogP contribution in [0.25, 0.3) is 0 Å². The molecule has 31 heavy (non-hydrogen) atoms. The summed E-state index contributed by atoms with van der Waals surface area (Å²) in [6.07, 6.45) is 1.39. The molecule has 1 aliphatic rings. The van der Waals surface area contributed by atoms with Gasteiger partial charge in [0, 0.05) is 12.3 Å². The molecule has 0 aromatic heterocycles. The van der Waals surface area contributed by atoms with Gasteiger partial charge in [0.25, 0.3) is 0 Å². The highest BCUT2D eigenvalue weighted by atomic mass is 28.3. The van der Waals surface area contributed by atoms with Crippen LogP contribution < -0.4 is 15.6 Å². The van der Waals surface area contributed by atoms with Gasteiger partial charge in [-0.1, -0.05) is 115 Å². The smallest absolute Gasteiger partial charge is 0.148 e. The predicted octanol–water partition coefficient (Wildman–Crippen LogP) is 4.46. The highest BCUT2D eigenvalue weighted by molar-refractivity contribution is 7.11. The van der Waals surface area contributed by atoms with Crippen LogP contribution in [0.2, 0.25) is 6.04 Å². The monoisotopic (exact) mass is 418 g/mol. The minimum Gasteiger partial charge on any atom is -0.299 e. The molecule has 1 nitrogen and oxygen atoms in total. The van der Waals surface area contributed by atoms with E-state index >= 15 is 0 Å². The molecule has 4 aromatic carbocycles. The standard InChI is InChI=1S/C29H26OSi/c30-28-22-24-14-10-11-19-29(24)31(25-15-6-2-7-16-25,26-17-8-3-9-18-26)21-20-27(28)23-12-4-1-5-13-23/h1-19,27H,20-22H2. The van der Waals surface area contributed by atoms with Crippen molar-refractivity contribution in [1.29, 1.82) is 0 Å². The number of hydrogen-bond donors (Lipinski definition) is 0. The Balaban J connectivity index is 1.75. The van der Waals surface area contributed by atoms with E-state index in [9.17, 15) is 4.79 Å². The second-order valence-corrected chi connectivity index (χ2v) is 12.4. The van der Waals surface area contributed by atoms with Crippen molar-refractivity contribution in [2.24, 2.45) is 0 Å². The number of carbonyl (C=O) groups is 1. The fourth-order valence-electron chi connectivity index (χ4n) is 5.31. The number of fused-ring (bicyclic) bond motifs is 1. The van der Waals surface area contributed by atoms with Crippen LogP contribution in [-0.2, 0) is 11.2 Å². The first-order valence-corrected chi connectivity index (χ1v) is 13.3. The molecule has 0 aliphatic carbocycles. The first kappa shape index (κ1) is 19.7. The second-order valence-electron chi connectivity index (χ2n) is 8.44. The summed E-state index contributed by atoms with van der Waals surface area (Å²) in [5.41, 5.74) is 2.35. The third-order valence-corrected chi connectivity index (χ3v) is 11.9. The third-order valence-electron chi connectivity index (χ3n) is 6.77. The zero-order valence-corrected chi connectivity index (χ0v) is 18.6. The summed E-state index contributed by atoms with van der Waals surface area (Å²) in [4.78, 5) is 13.4. The van der Waals surface area contributed by atoms with Crippen molar-refractivity contribution in [3.05, 3.63) is 126 Å². The summed E-state index contributed by atoms with van der Waals surface area (Å²) in [5.74, 6) is 0.288. The minimum atomic E-state index is -2.29. The summed E-state index contributed by atoms with van der Waals surface area (Å²) in [6.45, 7) is 0. The van der Waals surface area contributed by atoms with Crippen molar-refractivity contribution in [3.8, 4) is 0 Å². The summed E-state index contributed by atoms with van der Waals surface area (Å²) in [6, 6.07) is 42.1. The first-order valence-electron chi connectivity index (χ1n) is 11.1. The molecule has 1 aliphatic heterocycles. The summed E-state index contributed by atoms with van der Waals surface area (Å²) >= 11 is 0. The number of benzene rings is 4. The minimum absolute atomic E-state index is 0.0474. The van der Waals surface area contributed by atoms with Crippen molar-refractivity contribution in [2.75, 3.05) is 0 Å². The average Bonchev–Trinajstić information content (AvgIpc) is 2.83. The second kappa shape index (κ2) is 8.48. The molecular formula is C29H26OSi. The number of carbonyl (C=O) groups excluding carboxylic acids is 1. The van der Waals surface area contributed by atoms with E-state index in [4.69, 9.17) is 0 Å². The van der Waals surface area contributed by atoms with Crippen LogP contribution in [-0.4, -0.2) is 13.9 Å². The Morgan fingerprint density at radius 3 is 1.74 bits per heavy atom. The molecule has 0 N–H and O–H groups in total. The topological polar surface area (TPSA) is 17.1 Å². The van der Waals surface area contributed by atoms with Crippen LogP contribution >= 0.6 is 0 Å². The zero-order chi connectivity index (χ0) is 21.1. The van der Waals surface area contributed by atoms with Crippen molar-refractivity contribution in [1.82, 2.24) is 0 Å². The lowest BCUT2D eigenvalue weighted by Crippen LogP contribution is -2.68. The lowest BCUT2D eigenvalue weighted by molar-refractivity contribution is -0.119. The molecule has 5 rings (SSSR count). The Kier molecular flexibility index (Phi) is 5.40. The van der Waals surface area contributed by atoms with Gasteiger partial charge in [-0.3, -0.25) is 4.79 Å². The van der Waals surface area contributed by atoms with E-state index in [1.165, 1.54) is 21.1 Å². The van der Waals surface area contributed by atoms with Gasteiger partial charge in [-0.2, -0.15) is 0 Å². The molecule has 0 radical (unpaired) electrons. The molecule has 1 heterocycles. The third kappa shape index (κ3) is 3.58. The summed E-state index contributed by atoms with van der Waals surface area (Å²) < 4.78 is 0. The van der Waals surface area contributed by atoms with Crippen molar-refractivity contribution in [2.45, 2.75) is 24.8 Å². The van der Waals surface area contributed by atoms with E-state index in [2.05, 4.69) is 97.1 Å². The van der Waals surface area contributed by atoms with Crippen LogP contribution in [0.3, 0.4) is 0 Å². The molecule has 152 valence electrons. The SMILES string of the molecule is O=C1Cc2ccccc2[Si](c2ccccc2)(c2ccccc2)CCC1c1ccccc1. The molecule has 0 saturated heterocycles. The van der Waals surface area contributed by atoms with E-state index in [1.807, 2.05) is 18.2 Å². The Bertz CT molecular complexity index is 1130. The van der Waals surface area contributed by atoms with Crippen molar-refractivity contribution >= 4 is 29.4 Å². The molecular weight excluding hydrogens is 392 g/mol. The maximum atomic E-state index is 13.4. The van der Waals surface area contributed by atoms with Gasteiger partial charge >= 0.3 is 0 Å². The number of rotatable bonds is 3. The molecule has 0 bridgehead atoms. The first-order chi connectivity index (χ1) is 15.3. The molecule has 0 amide bonds. The molecule has 0 saturated carbocycles. The van der Waals surface area contributed by atoms with Gasteiger partial charge in [-0.05, 0) is 39.2 Å². The fraction of sp³-hybridized carbons (Fsp3) is 0.138.